The normalized spacial score (nSPS) is 8.62. The third-order valence-corrected chi connectivity index (χ3v) is 1.77. The van der Waals surface area contributed by atoms with Crippen LogP contribution in [0.3, 0.4) is 0 Å². The first kappa shape index (κ1) is 11.7. The fourth-order valence-corrected chi connectivity index (χ4v) is 1.13. The fraction of sp³-hybridized carbons (Fsp3) is 0.154. The summed E-state index contributed by atoms with van der Waals surface area (Å²) in [4.78, 5) is 10.9. The Kier molecular flexibility index (Phi) is 4.50. The van der Waals surface area contributed by atoms with Gasteiger partial charge in [-0.25, -0.2) is 0 Å². The Balaban J connectivity index is 2.97. The van der Waals surface area contributed by atoms with Crippen LogP contribution in [0.25, 0.3) is 0 Å². The Hall–Kier alpha value is -2.39. The summed E-state index contributed by atoms with van der Waals surface area (Å²) in [7, 11) is 0. The van der Waals surface area contributed by atoms with Gasteiger partial charge in [-0.3, -0.25) is 4.79 Å². The van der Waals surface area contributed by atoms with E-state index in [9.17, 15) is 4.79 Å². The lowest BCUT2D eigenvalue weighted by Gasteiger charge is -2.09. The number of rotatable bonds is 5. The minimum atomic E-state index is 0.0967. The van der Waals surface area contributed by atoms with E-state index in [4.69, 9.17) is 22.3 Å². The average Bonchev–Trinajstić information content (AvgIpc) is 2.33. The quantitative estimate of drug-likeness (QED) is 0.550. The zero-order valence-corrected chi connectivity index (χ0v) is 8.60. The summed E-state index contributed by atoms with van der Waals surface area (Å²) in [5.41, 5.74) is 0.313. The van der Waals surface area contributed by atoms with Crippen molar-refractivity contribution in [3.05, 3.63) is 23.8 Å². The topological polar surface area (TPSA) is 35.5 Å². The van der Waals surface area contributed by atoms with Crippen molar-refractivity contribution in [2.24, 2.45) is 0 Å². The first-order chi connectivity index (χ1) is 7.83. The predicted octanol–water partition coefficient (Wildman–Crippen LogP) is 1.52. The molecule has 0 spiro atoms. The summed E-state index contributed by atoms with van der Waals surface area (Å²) in [6, 6.07) is 4.98. The molecule has 0 saturated carbocycles. The lowest BCUT2D eigenvalue weighted by atomic mass is 10.2. The van der Waals surface area contributed by atoms with Gasteiger partial charge in [-0.1, -0.05) is 17.9 Å². The van der Waals surface area contributed by atoms with Crippen molar-refractivity contribution < 1.29 is 14.3 Å². The van der Waals surface area contributed by atoms with Crippen LogP contribution >= 0.6 is 0 Å². The van der Waals surface area contributed by atoms with Gasteiger partial charge in [0.05, 0.1) is 5.56 Å². The molecule has 0 heterocycles. The number of ether oxygens (including phenoxy) is 2. The molecule has 16 heavy (non-hydrogen) atoms. The van der Waals surface area contributed by atoms with Gasteiger partial charge >= 0.3 is 0 Å². The van der Waals surface area contributed by atoms with Gasteiger partial charge < -0.3 is 9.47 Å². The third-order valence-electron chi connectivity index (χ3n) is 1.77. The second-order valence-electron chi connectivity index (χ2n) is 2.77. The lowest BCUT2D eigenvalue weighted by molar-refractivity contribution is 0.111. The Labute approximate surface area is 94.4 Å². The van der Waals surface area contributed by atoms with Gasteiger partial charge in [-0.15, -0.1) is 12.8 Å². The minimum absolute atomic E-state index is 0.0967. The first-order valence-electron chi connectivity index (χ1n) is 4.54. The van der Waals surface area contributed by atoms with E-state index in [1.54, 1.807) is 18.2 Å². The number of carbonyl (C=O) groups excluding carboxylic acids is 1. The number of hydrogen-bond acceptors (Lipinski definition) is 3. The molecule has 1 aromatic rings. The van der Waals surface area contributed by atoms with Crippen molar-refractivity contribution in [3.63, 3.8) is 0 Å². The molecule has 0 aliphatic heterocycles. The zero-order valence-electron chi connectivity index (χ0n) is 8.60. The first-order valence-corrected chi connectivity index (χ1v) is 4.54. The lowest BCUT2D eigenvalue weighted by Crippen LogP contribution is -2.01. The van der Waals surface area contributed by atoms with Crippen LogP contribution in [0.4, 0.5) is 0 Å². The number of carbonyl (C=O) groups is 1. The molecule has 3 nitrogen and oxygen atoms in total. The number of hydrogen-bond donors (Lipinski definition) is 0. The van der Waals surface area contributed by atoms with Crippen LogP contribution in [0.2, 0.25) is 0 Å². The second-order valence-corrected chi connectivity index (χ2v) is 2.77. The van der Waals surface area contributed by atoms with Gasteiger partial charge in [0.1, 0.15) is 24.7 Å². The number of aldehydes is 1. The molecular formula is C13H10O3. The molecule has 0 atom stereocenters. The molecule has 0 aliphatic rings. The highest BCUT2D eigenvalue weighted by molar-refractivity contribution is 5.83. The highest BCUT2D eigenvalue weighted by Gasteiger charge is 2.09. The molecular weight excluding hydrogens is 204 g/mol. The van der Waals surface area contributed by atoms with E-state index in [0.29, 0.717) is 23.3 Å². The summed E-state index contributed by atoms with van der Waals surface area (Å²) in [5.74, 6) is 5.42. The van der Waals surface area contributed by atoms with Gasteiger partial charge in [0.2, 0.25) is 0 Å². The van der Waals surface area contributed by atoms with Crippen molar-refractivity contribution >= 4 is 6.29 Å². The zero-order chi connectivity index (χ0) is 11.8. The SMILES string of the molecule is C#CCOc1cccc(OCC#C)c1C=O. The molecule has 0 radical (unpaired) electrons. The molecule has 1 aromatic carbocycles. The Morgan fingerprint density at radius 1 is 1.12 bits per heavy atom. The fourth-order valence-electron chi connectivity index (χ4n) is 1.13. The van der Waals surface area contributed by atoms with Crippen molar-refractivity contribution in [3.8, 4) is 36.2 Å². The Morgan fingerprint density at radius 3 is 2.00 bits per heavy atom. The predicted molar refractivity (Wildman–Crippen MR) is 60.5 cm³/mol. The van der Waals surface area contributed by atoms with Crippen LogP contribution in [0, 0.1) is 24.7 Å². The van der Waals surface area contributed by atoms with Gasteiger partial charge in [0, 0.05) is 0 Å². The molecule has 0 aliphatic carbocycles. The standard InChI is InChI=1S/C13H10O3/c1-3-8-15-12-6-5-7-13(11(12)10-14)16-9-4-2/h1-2,5-7,10H,8-9H2. The molecule has 0 saturated heterocycles. The summed E-state index contributed by atoms with van der Waals surface area (Å²) >= 11 is 0. The van der Waals surface area contributed by atoms with Crippen molar-refractivity contribution in [1.29, 1.82) is 0 Å². The van der Waals surface area contributed by atoms with Crippen molar-refractivity contribution in [2.75, 3.05) is 13.2 Å². The van der Waals surface area contributed by atoms with Crippen molar-refractivity contribution in [2.45, 2.75) is 0 Å². The Bertz CT molecular complexity index is 413. The van der Waals surface area contributed by atoms with E-state index < -0.39 is 0 Å². The maximum atomic E-state index is 10.9. The minimum Gasteiger partial charge on any atom is -0.480 e. The monoisotopic (exact) mass is 214 g/mol. The van der Waals surface area contributed by atoms with Crippen LogP contribution in [0.1, 0.15) is 10.4 Å². The summed E-state index contributed by atoms with van der Waals surface area (Å²) < 4.78 is 10.4. The number of benzene rings is 1. The summed E-state index contributed by atoms with van der Waals surface area (Å²) in [6.45, 7) is 0.193. The van der Waals surface area contributed by atoms with E-state index in [0.717, 1.165) is 0 Å². The maximum absolute atomic E-state index is 10.9. The van der Waals surface area contributed by atoms with Crippen molar-refractivity contribution in [1.82, 2.24) is 0 Å². The largest absolute Gasteiger partial charge is 0.480 e. The third kappa shape index (κ3) is 2.80. The van der Waals surface area contributed by atoms with E-state index in [1.165, 1.54) is 0 Å². The highest BCUT2D eigenvalue weighted by atomic mass is 16.5. The van der Waals surface area contributed by atoms with Crippen LogP contribution in [0.15, 0.2) is 18.2 Å². The molecule has 0 unspecified atom stereocenters. The van der Waals surface area contributed by atoms with Crippen LogP contribution in [0.5, 0.6) is 11.5 Å². The van der Waals surface area contributed by atoms with Crippen LogP contribution in [-0.2, 0) is 0 Å². The van der Waals surface area contributed by atoms with E-state index in [2.05, 4.69) is 11.8 Å². The van der Waals surface area contributed by atoms with E-state index in [1.807, 2.05) is 0 Å². The maximum Gasteiger partial charge on any atom is 0.157 e. The summed E-state index contributed by atoms with van der Waals surface area (Å²) in [6.07, 6.45) is 10.8. The van der Waals surface area contributed by atoms with E-state index >= 15 is 0 Å². The molecule has 0 aromatic heterocycles. The van der Waals surface area contributed by atoms with Gasteiger partial charge in [0.15, 0.2) is 6.29 Å². The summed E-state index contributed by atoms with van der Waals surface area (Å²) in [5, 5.41) is 0. The molecule has 3 heteroatoms. The van der Waals surface area contributed by atoms with Gasteiger partial charge in [0.25, 0.3) is 0 Å². The Morgan fingerprint density at radius 2 is 1.62 bits per heavy atom. The molecule has 0 N–H and O–H groups in total. The molecule has 1 rings (SSSR count). The average molecular weight is 214 g/mol. The smallest absolute Gasteiger partial charge is 0.157 e. The van der Waals surface area contributed by atoms with Crippen LogP contribution in [-0.4, -0.2) is 19.5 Å². The molecule has 0 amide bonds. The van der Waals surface area contributed by atoms with E-state index in [-0.39, 0.29) is 13.2 Å². The van der Waals surface area contributed by atoms with Crippen LogP contribution < -0.4 is 9.47 Å². The highest BCUT2D eigenvalue weighted by Crippen LogP contribution is 2.26. The molecule has 80 valence electrons. The second kappa shape index (κ2) is 6.16. The van der Waals surface area contributed by atoms with Gasteiger partial charge in [-0.2, -0.15) is 0 Å². The molecule has 0 bridgehead atoms. The van der Waals surface area contributed by atoms with Gasteiger partial charge in [-0.05, 0) is 12.1 Å². The number of terminal acetylenes is 2. The molecule has 0 fully saturated rings.